The molecule has 0 radical (unpaired) electrons. The molecule has 0 spiro atoms. The van der Waals surface area contributed by atoms with Crippen LogP contribution in [0.3, 0.4) is 0 Å². The number of hydrogen-bond acceptors (Lipinski definition) is 3. The Bertz CT molecular complexity index is 700. The maximum Gasteiger partial charge on any atom is 0.230 e. The molecule has 0 aliphatic carbocycles. The van der Waals surface area contributed by atoms with Gasteiger partial charge in [-0.15, -0.1) is 0 Å². The van der Waals surface area contributed by atoms with E-state index in [-0.39, 0.29) is 36.5 Å². The van der Waals surface area contributed by atoms with Crippen molar-refractivity contribution in [2.45, 2.75) is 38.0 Å². The molecule has 0 saturated carbocycles. The van der Waals surface area contributed by atoms with Crippen molar-refractivity contribution in [2.75, 3.05) is 13.1 Å². The predicted molar refractivity (Wildman–Crippen MR) is 85.4 cm³/mol. The van der Waals surface area contributed by atoms with Gasteiger partial charge in [0, 0.05) is 31.8 Å². The quantitative estimate of drug-likeness (QED) is 0.846. The van der Waals surface area contributed by atoms with Crippen LogP contribution in [0.4, 0.5) is 8.78 Å². The number of imide groups is 1. The molecular formula is C18H20F2N2O3. The molecule has 2 fully saturated rings. The second kappa shape index (κ2) is 7.29. The maximum atomic E-state index is 13.4. The average molecular weight is 350 g/mol. The van der Waals surface area contributed by atoms with Crippen molar-refractivity contribution < 1.29 is 23.2 Å². The molecular weight excluding hydrogens is 330 g/mol. The Morgan fingerprint density at radius 2 is 1.88 bits per heavy atom. The Kier molecular flexibility index (Phi) is 5.11. The summed E-state index contributed by atoms with van der Waals surface area (Å²) in [5.41, 5.74) is 0.757. The second-order valence-corrected chi connectivity index (χ2v) is 6.68. The van der Waals surface area contributed by atoms with Crippen molar-refractivity contribution in [1.82, 2.24) is 10.2 Å². The molecule has 3 amide bonds. The van der Waals surface area contributed by atoms with Crippen molar-refractivity contribution in [3.05, 3.63) is 35.4 Å². The Labute approximate surface area is 144 Å². The van der Waals surface area contributed by atoms with Gasteiger partial charge in [0.1, 0.15) is 0 Å². The lowest BCUT2D eigenvalue weighted by Gasteiger charge is -2.32. The number of rotatable bonds is 4. The van der Waals surface area contributed by atoms with E-state index in [1.54, 1.807) is 11.0 Å². The van der Waals surface area contributed by atoms with Crippen LogP contribution in [0.2, 0.25) is 0 Å². The van der Waals surface area contributed by atoms with Gasteiger partial charge in [0.15, 0.2) is 11.6 Å². The van der Waals surface area contributed by atoms with E-state index in [0.29, 0.717) is 32.4 Å². The van der Waals surface area contributed by atoms with Gasteiger partial charge in [0.2, 0.25) is 17.7 Å². The summed E-state index contributed by atoms with van der Waals surface area (Å²) < 4.78 is 26.4. The summed E-state index contributed by atoms with van der Waals surface area (Å²) in [4.78, 5) is 36.7. The molecule has 2 saturated heterocycles. The molecule has 3 rings (SSSR count). The SMILES string of the molecule is O=C1C[C@H](CCC(=O)N2CCC(c3ccc(F)c(F)c3)CC2)C(=O)N1. The number of carbonyl (C=O) groups is 3. The fraction of sp³-hybridized carbons (Fsp3) is 0.500. The fourth-order valence-corrected chi connectivity index (χ4v) is 3.52. The van der Waals surface area contributed by atoms with Crippen molar-refractivity contribution >= 4 is 17.7 Å². The standard InChI is InChI=1S/C18H20F2N2O3/c19-14-3-1-12(9-15(14)20)11-5-7-22(8-6-11)17(24)4-2-13-10-16(23)21-18(13)25/h1,3,9,11,13H,2,4-8,10H2,(H,21,23,25)/t13-/m0/s1. The van der Waals surface area contributed by atoms with E-state index in [9.17, 15) is 23.2 Å². The van der Waals surface area contributed by atoms with Gasteiger partial charge in [-0.1, -0.05) is 6.07 Å². The van der Waals surface area contributed by atoms with Crippen LogP contribution in [0.1, 0.15) is 43.6 Å². The lowest BCUT2D eigenvalue weighted by atomic mass is 9.89. The fourth-order valence-electron chi connectivity index (χ4n) is 3.52. The number of hydrogen-bond donors (Lipinski definition) is 1. The van der Waals surface area contributed by atoms with Crippen LogP contribution in [-0.2, 0) is 14.4 Å². The van der Waals surface area contributed by atoms with Crippen LogP contribution in [-0.4, -0.2) is 35.7 Å². The van der Waals surface area contributed by atoms with Crippen molar-refractivity contribution in [1.29, 1.82) is 0 Å². The summed E-state index contributed by atoms with van der Waals surface area (Å²) in [6.07, 6.45) is 2.16. The van der Waals surface area contributed by atoms with Gasteiger partial charge in [-0.2, -0.15) is 0 Å². The van der Waals surface area contributed by atoms with Gasteiger partial charge in [-0.25, -0.2) is 8.78 Å². The summed E-state index contributed by atoms with van der Waals surface area (Å²) in [7, 11) is 0. The van der Waals surface area contributed by atoms with E-state index in [1.165, 1.54) is 6.07 Å². The summed E-state index contributed by atoms with van der Waals surface area (Å²) in [6.45, 7) is 1.11. The summed E-state index contributed by atoms with van der Waals surface area (Å²) in [6, 6.07) is 3.96. The van der Waals surface area contributed by atoms with E-state index in [2.05, 4.69) is 5.32 Å². The molecule has 5 nitrogen and oxygen atoms in total. The van der Waals surface area contributed by atoms with E-state index in [4.69, 9.17) is 0 Å². The maximum absolute atomic E-state index is 13.4. The number of amides is 3. The highest BCUT2D eigenvalue weighted by Gasteiger charge is 2.31. The molecule has 0 aromatic heterocycles. The van der Waals surface area contributed by atoms with Crippen LogP contribution >= 0.6 is 0 Å². The Balaban J connectivity index is 1.48. The summed E-state index contributed by atoms with van der Waals surface area (Å²) >= 11 is 0. The van der Waals surface area contributed by atoms with E-state index in [0.717, 1.165) is 11.6 Å². The molecule has 134 valence electrons. The number of nitrogens with zero attached hydrogens (tertiary/aromatic N) is 1. The Hall–Kier alpha value is -2.31. The minimum atomic E-state index is -0.856. The molecule has 2 heterocycles. The third-order valence-electron chi connectivity index (χ3n) is 5.03. The summed E-state index contributed by atoms with van der Waals surface area (Å²) in [5.74, 6) is -2.61. The average Bonchev–Trinajstić information content (AvgIpc) is 2.93. The topological polar surface area (TPSA) is 66.5 Å². The van der Waals surface area contributed by atoms with E-state index < -0.39 is 17.6 Å². The van der Waals surface area contributed by atoms with E-state index in [1.807, 2.05) is 0 Å². The molecule has 25 heavy (non-hydrogen) atoms. The van der Waals surface area contributed by atoms with Crippen molar-refractivity contribution in [3.8, 4) is 0 Å². The van der Waals surface area contributed by atoms with Gasteiger partial charge in [0.05, 0.1) is 0 Å². The minimum absolute atomic E-state index is 0.0316. The number of piperidine rings is 1. The first-order chi connectivity index (χ1) is 11.9. The van der Waals surface area contributed by atoms with Gasteiger partial charge >= 0.3 is 0 Å². The molecule has 1 aromatic rings. The molecule has 7 heteroatoms. The Morgan fingerprint density at radius 1 is 1.16 bits per heavy atom. The van der Waals surface area contributed by atoms with Gasteiger partial charge in [-0.3, -0.25) is 19.7 Å². The molecule has 1 atom stereocenters. The third kappa shape index (κ3) is 4.03. The first kappa shape index (κ1) is 17.5. The second-order valence-electron chi connectivity index (χ2n) is 6.68. The summed E-state index contributed by atoms with van der Waals surface area (Å²) in [5, 5.41) is 2.24. The molecule has 0 bridgehead atoms. The number of benzene rings is 1. The molecule has 2 aliphatic heterocycles. The highest BCUT2D eigenvalue weighted by atomic mass is 19.2. The normalized spacial score (nSPS) is 21.5. The van der Waals surface area contributed by atoms with Crippen LogP contribution in [0.5, 0.6) is 0 Å². The van der Waals surface area contributed by atoms with Crippen LogP contribution < -0.4 is 5.32 Å². The number of halogens is 2. The Morgan fingerprint density at radius 3 is 2.48 bits per heavy atom. The van der Waals surface area contributed by atoms with Gasteiger partial charge in [-0.05, 0) is 42.9 Å². The van der Waals surface area contributed by atoms with Crippen LogP contribution in [0.15, 0.2) is 18.2 Å². The van der Waals surface area contributed by atoms with Crippen molar-refractivity contribution in [3.63, 3.8) is 0 Å². The highest BCUT2D eigenvalue weighted by molar-refractivity contribution is 6.03. The third-order valence-corrected chi connectivity index (χ3v) is 5.03. The zero-order valence-corrected chi connectivity index (χ0v) is 13.8. The molecule has 2 aliphatic rings. The number of likely N-dealkylation sites (tertiary alicyclic amines) is 1. The lowest BCUT2D eigenvalue weighted by Crippen LogP contribution is -2.38. The largest absolute Gasteiger partial charge is 0.343 e. The zero-order chi connectivity index (χ0) is 18.0. The molecule has 1 N–H and O–H groups in total. The first-order valence-electron chi connectivity index (χ1n) is 8.50. The number of nitrogens with one attached hydrogen (secondary N) is 1. The highest BCUT2D eigenvalue weighted by Crippen LogP contribution is 2.29. The van der Waals surface area contributed by atoms with Crippen molar-refractivity contribution in [2.24, 2.45) is 5.92 Å². The van der Waals surface area contributed by atoms with Crippen LogP contribution in [0, 0.1) is 17.6 Å². The van der Waals surface area contributed by atoms with Gasteiger partial charge in [0.25, 0.3) is 0 Å². The predicted octanol–water partition coefficient (Wildman–Crippen LogP) is 2.11. The molecule has 0 unspecified atom stereocenters. The minimum Gasteiger partial charge on any atom is -0.343 e. The number of carbonyl (C=O) groups excluding carboxylic acids is 3. The monoisotopic (exact) mass is 350 g/mol. The molecule has 1 aromatic carbocycles. The van der Waals surface area contributed by atoms with Gasteiger partial charge < -0.3 is 4.90 Å². The van der Waals surface area contributed by atoms with Crippen LogP contribution in [0.25, 0.3) is 0 Å². The first-order valence-corrected chi connectivity index (χ1v) is 8.50. The zero-order valence-electron chi connectivity index (χ0n) is 13.8. The smallest absolute Gasteiger partial charge is 0.230 e. The van der Waals surface area contributed by atoms with E-state index >= 15 is 0 Å². The lowest BCUT2D eigenvalue weighted by molar-refractivity contribution is -0.132.